The monoisotopic (exact) mass is 340 g/mol. The average molecular weight is 340 g/mol. The number of hydrogen-bond donors (Lipinski definition) is 1. The van der Waals surface area contributed by atoms with Gasteiger partial charge in [-0.1, -0.05) is 12.1 Å². The minimum Gasteiger partial charge on any atom is -0.343 e. The van der Waals surface area contributed by atoms with Crippen LogP contribution in [0.25, 0.3) is 10.9 Å². The summed E-state index contributed by atoms with van der Waals surface area (Å²) in [4.78, 5) is 31.3. The number of likely N-dealkylation sites (tertiary alicyclic amines) is 1. The summed E-state index contributed by atoms with van der Waals surface area (Å²) < 4.78 is 1.55. The number of rotatable bonds is 3. The van der Waals surface area contributed by atoms with Gasteiger partial charge in [0, 0.05) is 32.6 Å². The van der Waals surface area contributed by atoms with Crippen molar-refractivity contribution in [2.75, 3.05) is 26.2 Å². The number of amides is 1. The van der Waals surface area contributed by atoms with Gasteiger partial charge in [0.25, 0.3) is 5.56 Å². The third-order valence-electron chi connectivity index (χ3n) is 5.81. The van der Waals surface area contributed by atoms with Crippen LogP contribution in [0.4, 0.5) is 0 Å². The van der Waals surface area contributed by atoms with Crippen molar-refractivity contribution in [3.8, 4) is 0 Å². The maximum absolute atomic E-state index is 12.5. The van der Waals surface area contributed by atoms with E-state index in [9.17, 15) is 9.59 Å². The highest BCUT2D eigenvalue weighted by Crippen LogP contribution is 2.36. The van der Waals surface area contributed by atoms with E-state index in [0.717, 1.165) is 39.0 Å². The Kier molecular flexibility index (Phi) is 4.29. The Labute approximate surface area is 146 Å². The van der Waals surface area contributed by atoms with Crippen LogP contribution < -0.4 is 10.9 Å². The molecule has 0 atom stereocenters. The number of nitrogens with zero attached hydrogens (tertiary/aromatic N) is 3. The molecule has 2 aliphatic heterocycles. The highest BCUT2D eigenvalue weighted by Gasteiger charge is 2.37. The van der Waals surface area contributed by atoms with Gasteiger partial charge >= 0.3 is 0 Å². The van der Waals surface area contributed by atoms with Crippen molar-refractivity contribution in [2.45, 2.75) is 32.2 Å². The third-order valence-corrected chi connectivity index (χ3v) is 5.81. The van der Waals surface area contributed by atoms with E-state index in [4.69, 9.17) is 0 Å². The fourth-order valence-corrected chi connectivity index (χ4v) is 4.09. The number of benzene rings is 1. The molecule has 1 amide bonds. The van der Waals surface area contributed by atoms with E-state index in [0.29, 0.717) is 29.3 Å². The molecule has 1 aromatic carbocycles. The average Bonchev–Trinajstić information content (AvgIpc) is 3.10. The topological polar surface area (TPSA) is 67.2 Å². The van der Waals surface area contributed by atoms with Crippen LogP contribution >= 0.6 is 0 Å². The molecule has 1 N–H and O–H groups in total. The molecule has 25 heavy (non-hydrogen) atoms. The van der Waals surface area contributed by atoms with Gasteiger partial charge in [0.05, 0.1) is 17.2 Å². The summed E-state index contributed by atoms with van der Waals surface area (Å²) >= 11 is 0. The zero-order valence-corrected chi connectivity index (χ0v) is 14.4. The summed E-state index contributed by atoms with van der Waals surface area (Å²) in [6.45, 7) is 4.26. The van der Waals surface area contributed by atoms with Gasteiger partial charge in [-0.15, -0.1) is 0 Å². The summed E-state index contributed by atoms with van der Waals surface area (Å²) in [6.07, 6.45) is 5.30. The van der Waals surface area contributed by atoms with Crippen molar-refractivity contribution < 1.29 is 4.79 Å². The lowest BCUT2D eigenvalue weighted by Gasteiger charge is -2.39. The number of para-hydroxylation sites is 1. The lowest BCUT2D eigenvalue weighted by atomic mass is 9.78. The van der Waals surface area contributed by atoms with Crippen LogP contribution in [0.15, 0.2) is 35.4 Å². The van der Waals surface area contributed by atoms with Gasteiger partial charge in [-0.3, -0.25) is 14.2 Å². The maximum atomic E-state index is 12.5. The summed E-state index contributed by atoms with van der Waals surface area (Å²) in [7, 11) is 0. The standard InChI is InChI=1S/C19H24N4O2/c24-17(22-11-7-19(8-12-22)6-9-20-13-19)5-10-23-14-21-16-4-2-1-3-15(16)18(23)25/h1-4,14,20H,5-13H2. The second-order valence-corrected chi connectivity index (χ2v) is 7.32. The normalized spacial score (nSPS) is 19.6. The van der Waals surface area contributed by atoms with Crippen molar-refractivity contribution in [3.63, 3.8) is 0 Å². The van der Waals surface area contributed by atoms with E-state index in [1.807, 2.05) is 23.1 Å². The van der Waals surface area contributed by atoms with Crippen molar-refractivity contribution >= 4 is 16.8 Å². The van der Waals surface area contributed by atoms with Gasteiger partial charge in [0.2, 0.25) is 5.91 Å². The molecule has 6 nitrogen and oxygen atoms in total. The predicted octanol–water partition coefficient (Wildman–Crippen LogP) is 1.39. The van der Waals surface area contributed by atoms with Crippen LogP contribution in [0.3, 0.4) is 0 Å². The SMILES string of the molecule is O=C(CCn1cnc2ccccc2c1=O)N1CCC2(CCNC2)CC1. The largest absolute Gasteiger partial charge is 0.343 e. The first-order chi connectivity index (χ1) is 12.2. The fourth-order valence-electron chi connectivity index (χ4n) is 4.09. The van der Waals surface area contributed by atoms with Gasteiger partial charge in [-0.2, -0.15) is 0 Å². The molecule has 0 unspecified atom stereocenters. The Bertz CT molecular complexity index is 829. The summed E-state index contributed by atoms with van der Waals surface area (Å²) in [5, 5.41) is 4.05. The van der Waals surface area contributed by atoms with Crippen LogP contribution in [0, 0.1) is 5.41 Å². The van der Waals surface area contributed by atoms with Crippen molar-refractivity contribution in [3.05, 3.63) is 40.9 Å². The van der Waals surface area contributed by atoms with Crippen LogP contribution in [-0.4, -0.2) is 46.5 Å². The van der Waals surface area contributed by atoms with Gasteiger partial charge in [0.15, 0.2) is 0 Å². The number of piperidine rings is 1. The van der Waals surface area contributed by atoms with Crippen LogP contribution in [0.5, 0.6) is 0 Å². The molecule has 0 saturated carbocycles. The summed E-state index contributed by atoms with van der Waals surface area (Å²) in [5.74, 6) is 0.140. The molecule has 3 heterocycles. The number of hydrogen-bond acceptors (Lipinski definition) is 4. The number of carbonyl (C=O) groups excluding carboxylic acids is 1. The van der Waals surface area contributed by atoms with E-state index < -0.39 is 0 Å². The zero-order valence-electron chi connectivity index (χ0n) is 14.4. The Balaban J connectivity index is 1.38. The highest BCUT2D eigenvalue weighted by molar-refractivity contribution is 5.77. The first kappa shape index (κ1) is 16.3. The molecule has 132 valence electrons. The zero-order chi connectivity index (χ0) is 17.3. The highest BCUT2D eigenvalue weighted by atomic mass is 16.2. The first-order valence-electron chi connectivity index (χ1n) is 9.10. The van der Waals surface area contributed by atoms with Gasteiger partial charge in [-0.25, -0.2) is 4.98 Å². The molecule has 4 rings (SSSR count). The predicted molar refractivity (Wildman–Crippen MR) is 96.4 cm³/mol. The molecule has 2 fully saturated rings. The number of fused-ring (bicyclic) bond motifs is 1. The van der Waals surface area contributed by atoms with Gasteiger partial charge < -0.3 is 10.2 Å². The van der Waals surface area contributed by atoms with E-state index in [1.165, 1.54) is 6.42 Å². The van der Waals surface area contributed by atoms with E-state index in [1.54, 1.807) is 17.0 Å². The molecule has 2 saturated heterocycles. The molecule has 0 bridgehead atoms. The quantitative estimate of drug-likeness (QED) is 0.917. The number of carbonyl (C=O) groups is 1. The van der Waals surface area contributed by atoms with Crippen molar-refractivity contribution in [1.29, 1.82) is 0 Å². The summed E-state index contributed by atoms with van der Waals surface area (Å²) in [5.41, 5.74) is 1.03. The second-order valence-electron chi connectivity index (χ2n) is 7.32. The number of aryl methyl sites for hydroxylation is 1. The van der Waals surface area contributed by atoms with Crippen molar-refractivity contribution in [1.82, 2.24) is 19.8 Å². The Morgan fingerprint density at radius 1 is 1.20 bits per heavy atom. The minimum absolute atomic E-state index is 0.0759. The van der Waals surface area contributed by atoms with Gasteiger partial charge in [-0.05, 0) is 43.4 Å². The Hall–Kier alpha value is -2.21. The molecule has 2 aromatic rings. The van der Waals surface area contributed by atoms with Crippen LogP contribution in [-0.2, 0) is 11.3 Å². The first-order valence-corrected chi connectivity index (χ1v) is 9.10. The number of nitrogens with one attached hydrogen (secondary N) is 1. The molecule has 1 spiro atoms. The fraction of sp³-hybridized carbons (Fsp3) is 0.526. The van der Waals surface area contributed by atoms with Gasteiger partial charge in [0.1, 0.15) is 0 Å². The number of aromatic nitrogens is 2. The molecule has 6 heteroatoms. The lowest BCUT2D eigenvalue weighted by molar-refractivity contribution is -0.133. The maximum Gasteiger partial charge on any atom is 0.261 e. The molecule has 0 radical (unpaired) electrons. The minimum atomic E-state index is -0.0759. The van der Waals surface area contributed by atoms with Crippen LogP contribution in [0.1, 0.15) is 25.7 Å². The van der Waals surface area contributed by atoms with E-state index >= 15 is 0 Å². The van der Waals surface area contributed by atoms with Crippen LogP contribution in [0.2, 0.25) is 0 Å². The smallest absolute Gasteiger partial charge is 0.261 e. The van der Waals surface area contributed by atoms with E-state index in [-0.39, 0.29) is 11.5 Å². The third kappa shape index (κ3) is 3.18. The Morgan fingerprint density at radius 2 is 2.00 bits per heavy atom. The Morgan fingerprint density at radius 3 is 2.76 bits per heavy atom. The molecule has 0 aliphatic carbocycles. The molecule has 1 aromatic heterocycles. The molecule has 2 aliphatic rings. The molecular weight excluding hydrogens is 316 g/mol. The van der Waals surface area contributed by atoms with E-state index in [2.05, 4.69) is 10.3 Å². The second kappa shape index (κ2) is 6.59. The molecular formula is C19H24N4O2. The lowest BCUT2D eigenvalue weighted by Crippen LogP contribution is -2.44. The van der Waals surface area contributed by atoms with Crippen molar-refractivity contribution in [2.24, 2.45) is 5.41 Å². The summed E-state index contributed by atoms with van der Waals surface area (Å²) in [6, 6.07) is 7.31.